The van der Waals surface area contributed by atoms with Crippen LogP contribution in [0, 0.1) is 0 Å². The number of rotatable bonds is 31. The Bertz CT molecular complexity index is 622. The predicted octanol–water partition coefficient (Wildman–Crippen LogP) is 9.59. The molecule has 0 saturated carbocycles. The fourth-order valence-electron chi connectivity index (χ4n) is 4.91. The summed E-state index contributed by atoms with van der Waals surface area (Å²) in [5.41, 5.74) is 0. The van der Waals surface area contributed by atoms with Crippen LogP contribution in [0.25, 0.3) is 0 Å². The van der Waals surface area contributed by atoms with Crippen molar-refractivity contribution in [2.75, 3.05) is 19.8 Å². The number of hydrogen-bond donors (Lipinski definition) is 1. The highest BCUT2D eigenvalue weighted by Crippen LogP contribution is 2.14. The molecular weight excluding hydrogens is 512 g/mol. The summed E-state index contributed by atoms with van der Waals surface area (Å²) in [6.07, 6.45) is 29.4. The van der Waals surface area contributed by atoms with Gasteiger partial charge >= 0.3 is 10.1 Å². The Hall–Kier alpha value is -0.500. The molecule has 0 radical (unpaired) electrons. The number of carbonyl (C=O) groups is 1. The van der Waals surface area contributed by atoms with Gasteiger partial charge in [-0.15, -0.1) is 0 Å². The van der Waals surface area contributed by atoms with Crippen LogP contribution in [0.3, 0.4) is 0 Å². The Morgan fingerprint density at radius 1 is 0.564 bits per heavy atom. The number of unbranched alkanes of at least 4 members (excludes halogenated alkanes) is 22. The van der Waals surface area contributed by atoms with Crippen LogP contribution in [0.2, 0.25) is 0 Å². The van der Waals surface area contributed by atoms with E-state index in [0.29, 0.717) is 13.2 Å². The highest BCUT2D eigenvalue weighted by Gasteiger charge is 2.24. The van der Waals surface area contributed by atoms with Gasteiger partial charge in [-0.05, 0) is 12.8 Å². The van der Waals surface area contributed by atoms with Crippen molar-refractivity contribution in [3.05, 3.63) is 0 Å². The Morgan fingerprint density at radius 3 is 1.26 bits per heavy atom. The molecule has 0 bridgehead atoms. The van der Waals surface area contributed by atoms with Gasteiger partial charge in [0, 0.05) is 13.2 Å². The molecule has 0 spiro atoms. The second-order valence-electron chi connectivity index (χ2n) is 11.4. The number of hydrogen-bond acceptors (Lipinski definition) is 5. The lowest BCUT2D eigenvalue weighted by molar-refractivity contribution is -0.116. The van der Waals surface area contributed by atoms with Crippen LogP contribution in [0.4, 0.5) is 0 Å². The van der Waals surface area contributed by atoms with E-state index in [9.17, 15) is 13.2 Å². The minimum Gasteiger partial charge on any atom is -0.379 e. The first kappa shape index (κ1) is 38.5. The smallest absolute Gasteiger partial charge is 0.328 e. The van der Waals surface area contributed by atoms with Crippen LogP contribution in [-0.4, -0.2) is 44.0 Å². The largest absolute Gasteiger partial charge is 0.379 e. The summed E-state index contributed by atoms with van der Waals surface area (Å²) >= 11 is 0. The van der Waals surface area contributed by atoms with E-state index in [1.54, 1.807) is 0 Å². The third kappa shape index (κ3) is 28.8. The zero-order valence-electron chi connectivity index (χ0n) is 25.8. The average Bonchev–Trinajstić information content (AvgIpc) is 2.90. The fourth-order valence-corrected chi connectivity index (χ4v) is 5.31. The summed E-state index contributed by atoms with van der Waals surface area (Å²) in [5, 5.41) is -1.20. The Balaban J connectivity index is 3.84. The van der Waals surface area contributed by atoms with E-state index in [4.69, 9.17) is 14.0 Å². The maximum atomic E-state index is 11.8. The first-order valence-corrected chi connectivity index (χ1v) is 18.1. The topological polar surface area (TPSA) is 89.9 Å². The molecule has 0 saturated heterocycles. The van der Waals surface area contributed by atoms with Crippen molar-refractivity contribution >= 4 is 15.2 Å². The Kier molecular flexibility index (Phi) is 28.6. The average molecular weight is 577 g/mol. The molecule has 0 aromatic rings. The molecule has 1 unspecified atom stereocenters. The third-order valence-electron chi connectivity index (χ3n) is 7.48. The molecule has 6 nitrogen and oxygen atoms in total. The maximum absolute atomic E-state index is 11.8. The Labute approximate surface area is 242 Å². The van der Waals surface area contributed by atoms with Gasteiger partial charge in [-0.3, -0.25) is 9.35 Å². The quantitative estimate of drug-likeness (QED) is 0.0652. The minimum atomic E-state index is -4.69. The van der Waals surface area contributed by atoms with Gasteiger partial charge in [0.15, 0.2) is 0 Å². The van der Waals surface area contributed by atoms with Crippen LogP contribution in [0.1, 0.15) is 174 Å². The van der Waals surface area contributed by atoms with E-state index in [2.05, 4.69) is 13.8 Å². The second kappa shape index (κ2) is 29.0. The Morgan fingerprint density at radius 2 is 0.897 bits per heavy atom. The molecule has 0 heterocycles. The van der Waals surface area contributed by atoms with Gasteiger partial charge in [0.05, 0.1) is 19.1 Å². The van der Waals surface area contributed by atoms with Crippen LogP contribution in [0.15, 0.2) is 0 Å². The highest BCUT2D eigenvalue weighted by atomic mass is 32.2. The van der Waals surface area contributed by atoms with Crippen molar-refractivity contribution in [1.29, 1.82) is 0 Å². The van der Waals surface area contributed by atoms with E-state index in [1.165, 1.54) is 128 Å². The molecule has 0 aliphatic carbocycles. The van der Waals surface area contributed by atoms with Gasteiger partial charge in [-0.1, -0.05) is 155 Å². The monoisotopic (exact) mass is 576 g/mol. The van der Waals surface area contributed by atoms with Gasteiger partial charge < -0.3 is 9.47 Å². The molecule has 0 aliphatic heterocycles. The lowest BCUT2D eigenvalue weighted by Crippen LogP contribution is -2.27. The molecule has 0 aliphatic rings. The number of carbonyl (C=O) groups excluding carboxylic acids is 1. The summed E-state index contributed by atoms with van der Waals surface area (Å²) in [6.45, 7) is 5.73. The van der Waals surface area contributed by atoms with Crippen molar-refractivity contribution in [1.82, 2.24) is 0 Å². The van der Waals surface area contributed by atoms with E-state index >= 15 is 0 Å². The lowest BCUT2D eigenvalue weighted by Gasteiger charge is -2.17. The summed E-state index contributed by atoms with van der Waals surface area (Å²) < 4.78 is 42.9. The molecule has 0 amide bonds. The first-order valence-electron chi connectivity index (χ1n) is 16.6. The standard InChI is InChI=1S/C32H64O6S/c1-3-5-7-9-11-13-15-17-19-21-23-25-27-37-30-31(29-32(33)39(34,35)36)38-28-26-24-22-20-18-16-14-12-10-8-6-4-2/h31H,3-30H2,1-2H3,(H,34,35,36). The minimum absolute atomic E-state index is 0.178. The molecule has 0 aromatic heterocycles. The lowest BCUT2D eigenvalue weighted by atomic mass is 10.1. The highest BCUT2D eigenvalue weighted by molar-refractivity contribution is 8.01. The molecular formula is C32H64O6S. The van der Waals surface area contributed by atoms with E-state index < -0.39 is 21.3 Å². The van der Waals surface area contributed by atoms with Crippen molar-refractivity contribution in [2.24, 2.45) is 0 Å². The SMILES string of the molecule is CCCCCCCCCCCCCCOCC(CC(=O)S(=O)(=O)O)OCCCCCCCCCCCCCC. The van der Waals surface area contributed by atoms with Crippen molar-refractivity contribution in [3.63, 3.8) is 0 Å². The fraction of sp³-hybridized carbons (Fsp3) is 0.969. The second-order valence-corrected chi connectivity index (χ2v) is 12.8. The third-order valence-corrected chi connectivity index (χ3v) is 8.22. The van der Waals surface area contributed by atoms with Crippen LogP contribution in [-0.2, 0) is 24.4 Å². The van der Waals surface area contributed by atoms with E-state index in [1.807, 2.05) is 0 Å². The van der Waals surface area contributed by atoms with Gasteiger partial charge in [0.25, 0.3) is 5.12 Å². The van der Waals surface area contributed by atoms with Crippen molar-refractivity contribution in [2.45, 2.75) is 180 Å². The molecule has 0 aromatic carbocycles. The normalized spacial score (nSPS) is 12.7. The molecule has 7 heteroatoms. The predicted molar refractivity (Wildman–Crippen MR) is 164 cm³/mol. The summed E-state index contributed by atoms with van der Waals surface area (Å²) in [7, 11) is -4.69. The van der Waals surface area contributed by atoms with Crippen LogP contribution in [0.5, 0.6) is 0 Å². The van der Waals surface area contributed by atoms with E-state index in [0.717, 1.165) is 25.7 Å². The number of ether oxygens (including phenoxy) is 2. The van der Waals surface area contributed by atoms with Crippen molar-refractivity contribution in [3.8, 4) is 0 Å². The summed E-state index contributed by atoms with van der Waals surface area (Å²) in [4.78, 5) is 11.8. The van der Waals surface area contributed by atoms with Crippen LogP contribution < -0.4 is 0 Å². The van der Waals surface area contributed by atoms with Gasteiger partial charge in [0.2, 0.25) is 0 Å². The molecule has 234 valence electrons. The van der Waals surface area contributed by atoms with E-state index in [-0.39, 0.29) is 13.0 Å². The maximum Gasteiger partial charge on any atom is 0.328 e. The molecule has 1 atom stereocenters. The van der Waals surface area contributed by atoms with Crippen LogP contribution >= 0.6 is 0 Å². The first-order chi connectivity index (χ1) is 18.9. The molecule has 1 N–H and O–H groups in total. The van der Waals surface area contributed by atoms with Gasteiger partial charge in [-0.25, -0.2) is 0 Å². The zero-order chi connectivity index (χ0) is 28.9. The molecule has 0 rings (SSSR count). The molecule has 39 heavy (non-hydrogen) atoms. The van der Waals surface area contributed by atoms with Gasteiger partial charge in [0.1, 0.15) is 0 Å². The molecule has 0 fully saturated rings. The van der Waals surface area contributed by atoms with Crippen molar-refractivity contribution < 1.29 is 27.2 Å². The zero-order valence-corrected chi connectivity index (χ0v) is 26.6. The summed E-state index contributed by atoms with van der Waals surface area (Å²) in [5.74, 6) is 0. The summed E-state index contributed by atoms with van der Waals surface area (Å²) in [6, 6.07) is 0. The van der Waals surface area contributed by atoms with Gasteiger partial charge in [-0.2, -0.15) is 8.42 Å².